The van der Waals surface area contributed by atoms with Gasteiger partial charge in [0.1, 0.15) is 0 Å². The van der Waals surface area contributed by atoms with E-state index in [0.29, 0.717) is 17.0 Å². The molecule has 0 aliphatic carbocycles. The number of para-hydroxylation sites is 1. The molecule has 8 nitrogen and oxygen atoms in total. The van der Waals surface area contributed by atoms with Crippen molar-refractivity contribution in [3.8, 4) is 0 Å². The number of nitro groups is 1. The number of carbonyl (C=O) groups is 1. The summed E-state index contributed by atoms with van der Waals surface area (Å²) in [5.41, 5.74) is 1.01. The smallest absolute Gasteiger partial charge is 0.273 e. The molecule has 0 aliphatic heterocycles. The Morgan fingerprint density at radius 2 is 1.96 bits per heavy atom. The zero-order valence-electron chi connectivity index (χ0n) is 12.0. The monoisotopic (exact) mass is 311 g/mol. The summed E-state index contributed by atoms with van der Waals surface area (Å²) in [5.74, 6) is 0.281. The molecule has 0 saturated carbocycles. The molecular formula is C15H13N5O3. The van der Waals surface area contributed by atoms with Gasteiger partial charge >= 0.3 is 0 Å². The molecular weight excluding hydrogens is 298 g/mol. The van der Waals surface area contributed by atoms with Gasteiger partial charge in [-0.1, -0.05) is 24.3 Å². The predicted octanol–water partition coefficient (Wildman–Crippen LogP) is 1.50. The number of pyridine rings is 1. The average molecular weight is 311 g/mol. The molecule has 0 atom stereocenters. The first kappa shape index (κ1) is 14.6. The van der Waals surface area contributed by atoms with Crippen molar-refractivity contribution in [3.05, 3.63) is 70.2 Å². The highest BCUT2D eigenvalue weighted by atomic mass is 16.6. The summed E-state index contributed by atoms with van der Waals surface area (Å²) in [6, 6.07) is 11.7. The molecule has 116 valence electrons. The Hall–Kier alpha value is -3.29. The van der Waals surface area contributed by atoms with Crippen molar-refractivity contribution >= 4 is 17.2 Å². The van der Waals surface area contributed by atoms with Crippen LogP contribution in [0.25, 0.3) is 5.65 Å². The molecule has 0 aliphatic rings. The molecule has 2 aromatic heterocycles. The van der Waals surface area contributed by atoms with Gasteiger partial charge < -0.3 is 5.32 Å². The summed E-state index contributed by atoms with van der Waals surface area (Å²) in [6.45, 7) is 0.199. The molecule has 23 heavy (non-hydrogen) atoms. The molecule has 0 saturated heterocycles. The second-order valence-electron chi connectivity index (χ2n) is 4.88. The van der Waals surface area contributed by atoms with Crippen LogP contribution in [0, 0.1) is 10.1 Å². The van der Waals surface area contributed by atoms with Gasteiger partial charge in [0.05, 0.1) is 17.9 Å². The second kappa shape index (κ2) is 6.22. The van der Waals surface area contributed by atoms with E-state index in [-0.39, 0.29) is 24.6 Å². The molecule has 8 heteroatoms. The number of hydrogen-bond acceptors (Lipinski definition) is 5. The third kappa shape index (κ3) is 3.15. The Morgan fingerprint density at radius 1 is 1.17 bits per heavy atom. The van der Waals surface area contributed by atoms with Crippen molar-refractivity contribution in [2.24, 2.45) is 0 Å². The van der Waals surface area contributed by atoms with E-state index in [0.717, 1.165) is 0 Å². The quantitative estimate of drug-likeness (QED) is 0.568. The van der Waals surface area contributed by atoms with Crippen LogP contribution in [0.2, 0.25) is 0 Å². The Bertz CT molecular complexity index is 874. The molecule has 0 bridgehead atoms. The van der Waals surface area contributed by atoms with Gasteiger partial charge in [-0.2, -0.15) is 0 Å². The van der Waals surface area contributed by atoms with E-state index in [1.54, 1.807) is 28.8 Å². The van der Waals surface area contributed by atoms with Gasteiger partial charge in [0, 0.05) is 17.8 Å². The van der Waals surface area contributed by atoms with Gasteiger partial charge in [-0.05, 0) is 12.1 Å². The van der Waals surface area contributed by atoms with Gasteiger partial charge in [-0.25, -0.2) is 0 Å². The average Bonchev–Trinajstić information content (AvgIpc) is 2.96. The Morgan fingerprint density at radius 3 is 2.78 bits per heavy atom. The van der Waals surface area contributed by atoms with E-state index in [2.05, 4.69) is 15.5 Å². The SMILES string of the molecule is O=C(Cc1ccccc1[N+](=O)[O-])NCc1nnc2ccccn12. The largest absolute Gasteiger partial charge is 0.348 e. The highest BCUT2D eigenvalue weighted by Crippen LogP contribution is 2.17. The summed E-state index contributed by atoms with van der Waals surface area (Å²) < 4.78 is 1.77. The van der Waals surface area contributed by atoms with E-state index in [4.69, 9.17) is 0 Å². The first-order chi connectivity index (χ1) is 11.1. The Balaban J connectivity index is 1.68. The van der Waals surface area contributed by atoms with Crippen molar-refractivity contribution in [2.45, 2.75) is 13.0 Å². The predicted molar refractivity (Wildman–Crippen MR) is 81.6 cm³/mol. The minimum atomic E-state index is -0.491. The minimum absolute atomic E-state index is 0.0597. The molecule has 0 spiro atoms. The standard InChI is InChI=1S/C15H13N5O3/c21-15(9-11-5-1-2-6-12(11)20(22)23)16-10-14-18-17-13-7-3-4-8-19(13)14/h1-8H,9-10H2,(H,16,21). The third-order valence-electron chi connectivity index (χ3n) is 3.37. The van der Waals surface area contributed by atoms with Crippen LogP contribution in [-0.2, 0) is 17.8 Å². The highest BCUT2D eigenvalue weighted by Gasteiger charge is 2.15. The van der Waals surface area contributed by atoms with Gasteiger partial charge in [0.2, 0.25) is 5.91 Å². The van der Waals surface area contributed by atoms with Gasteiger partial charge in [-0.3, -0.25) is 19.3 Å². The van der Waals surface area contributed by atoms with Crippen LogP contribution in [0.15, 0.2) is 48.7 Å². The third-order valence-corrected chi connectivity index (χ3v) is 3.37. The normalized spacial score (nSPS) is 10.6. The van der Waals surface area contributed by atoms with Gasteiger partial charge in [0.15, 0.2) is 11.5 Å². The first-order valence-corrected chi connectivity index (χ1v) is 6.93. The molecule has 2 heterocycles. The van der Waals surface area contributed by atoms with Crippen molar-refractivity contribution in [1.82, 2.24) is 19.9 Å². The van der Waals surface area contributed by atoms with Gasteiger partial charge in [-0.15, -0.1) is 10.2 Å². The molecule has 1 amide bonds. The molecule has 3 aromatic rings. The van der Waals surface area contributed by atoms with E-state index in [1.165, 1.54) is 6.07 Å². The molecule has 1 N–H and O–H groups in total. The van der Waals surface area contributed by atoms with E-state index >= 15 is 0 Å². The fraction of sp³-hybridized carbons (Fsp3) is 0.133. The molecule has 3 rings (SSSR count). The summed E-state index contributed by atoms with van der Waals surface area (Å²) in [6.07, 6.45) is 1.74. The van der Waals surface area contributed by atoms with Crippen molar-refractivity contribution in [2.75, 3.05) is 0 Å². The summed E-state index contributed by atoms with van der Waals surface area (Å²) in [7, 11) is 0. The number of benzene rings is 1. The number of fused-ring (bicyclic) bond motifs is 1. The molecule has 0 unspecified atom stereocenters. The van der Waals surface area contributed by atoms with Crippen LogP contribution in [0.3, 0.4) is 0 Å². The van der Waals surface area contributed by atoms with Crippen LogP contribution in [0.4, 0.5) is 5.69 Å². The number of amides is 1. The molecule has 0 fully saturated rings. The van der Waals surface area contributed by atoms with Crippen LogP contribution in [0.1, 0.15) is 11.4 Å². The maximum absolute atomic E-state index is 12.0. The van der Waals surface area contributed by atoms with E-state index in [1.807, 2.05) is 18.2 Å². The lowest BCUT2D eigenvalue weighted by molar-refractivity contribution is -0.385. The molecule has 1 aromatic carbocycles. The zero-order chi connectivity index (χ0) is 16.2. The number of rotatable bonds is 5. The lowest BCUT2D eigenvalue weighted by Gasteiger charge is -2.05. The fourth-order valence-corrected chi connectivity index (χ4v) is 2.26. The van der Waals surface area contributed by atoms with Crippen molar-refractivity contribution in [1.29, 1.82) is 0 Å². The number of hydrogen-bond donors (Lipinski definition) is 1. The first-order valence-electron chi connectivity index (χ1n) is 6.93. The lowest BCUT2D eigenvalue weighted by atomic mass is 10.1. The van der Waals surface area contributed by atoms with Crippen LogP contribution in [-0.4, -0.2) is 25.4 Å². The van der Waals surface area contributed by atoms with Crippen LogP contribution < -0.4 is 5.32 Å². The zero-order valence-corrected chi connectivity index (χ0v) is 12.0. The summed E-state index contributed by atoms with van der Waals surface area (Å²) in [5, 5.41) is 21.7. The number of nitrogens with zero attached hydrogens (tertiary/aromatic N) is 4. The topological polar surface area (TPSA) is 102 Å². The van der Waals surface area contributed by atoms with E-state index < -0.39 is 4.92 Å². The second-order valence-corrected chi connectivity index (χ2v) is 4.88. The minimum Gasteiger partial charge on any atom is -0.348 e. The van der Waals surface area contributed by atoms with Crippen molar-refractivity contribution < 1.29 is 9.72 Å². The van der Waals surface area contributed by atoms with Crippen molar-refractivity contribution in [3.63, 3.8) is 0 Å². The Labute approximate surface area is 130 Å². The van der Waals surface area contributed by atoms with Crippen LogP contribution in [0.5, 0.6) is 0 Å². The maximum Gasteiger partial charge on any atom is 0.273 e. The highest BCUT2D eigenvalue weighted by molar-refractivity contribution is 5.79. The Kier molecular flexibility index (Phi) is 3.96. The fourth-order valence-electron chi connectivity index (χ4n) is 2.26. The number of nitrogens with one attached hydrogen (secondary N) is 1. The maximum atomic E-state index is 12.0. The lowest BCUT2D eigenvalue weighted by Crippen LogP contribution is -2.25. The number of aromatic nitrogens is 3. The van der Waals surface area contributed by atoms with Crippen LogP contribution >= 0.6 is 0 Å². The summed E-state index contributed by atoms with van der Waals surface area (Å²) in [4.78, 5) is 22.5. The van der Waals surface area contributed by atoms with Gasteiger partial charge in [0.25, 0.3) is 5.69 Å². The number of carbonyl (C=O) groups excluding carboxylic acids is 1. The number of nitro benzene ring substituents is 1. The molecule has 0 radical (unpaired) electrons. The van der Waals surface area contributed by atoms with E-state index in [9.17, 15) is 14.9 Å². The summed E-state index contributed by atoms with van der Waals surface area (Å²) >= 11 is 0.